The molecule has 1 aliphatic heterocycles. The Hall–Kier alpha value is -3.71. The van der Waals surface area contributed by atoms with Crippen LogP contribution in [0.25, 0.3) is 10.9 Å². The number of carbonyl (C=O) groups excluding carboxylic acids is 1. The number of benzene rings is 1. The lowest BCUT2D eigenvalue weighted by Gasteiger charge is -2.34. The van der Waals surface area contributed by atoms with Crippen molar-refractivity contribution in [3.05, 3.63) is 78.8 Å². The van der Waals surface area contributed by atoms with Gasteiger partial charge in [-0.2, -0.15) is 0 Å². The van der Waals surface area contributed by atoms with E-state index in [1.54, 1.807) is 6.20 Å². The van der Waals surface area contributed by atoms with Crippen LogP contribution < -0.4 is 15.5 Å². The van der Waals surface area contributed by atoms with E-state index in [0.29, 0.717) is 11.4 Å². The summed E-state index contributed by atoms with van der Waals surface area (Å²) < 4.78 is 2.04. The zero-order chi connectivity index (χ0) is 21.9. The van der Waals surface area contributed by atoms with Crippen molar-refractivity contribution in [2.45, 2.75) is 18.9 Å². The summed E-state index contributed by atoms with van der Waals surface area (Å²) in [6.45, 7) is 1.75. The maximum atomic E-state index is 13.7. The molecular weight excluding hydrogens is 400 g/mol. The van der Waals surface area contributed by atoms with Crippen LogP contribution in [0.15, 0.2) is 73.2 Å². The fraction of sp³-hybridized carbons (Fsp3) is 0.240. The molecule has 0 saturated carbocycles. The number of piperidine rings is 1. The van der Waals surface area contributed by atoms with Crippen molar-refractivity contribution >= 4 is 34.1 Å². The molecule has 162 valence electrons. The molecule has 0 radical (unpaired) electrons. The molecule has 1 saturated heterocycles. The van der Waals surface area contributed by atoms with E-state index in [9.17, 15) is 4.79 Å². The zero-order valence-electron chi connectivity index (χ0n) is 18.0. The van der Waals surface area contributed by atoms with Gasteiger partial charge in [-0.3, -0.25) is 9.69 Å². The maximum absolute atomic E-state index is 13.7. The lowest BCUT2D eigenvalue weighted by atomic mass is 10.0. The number of hydrogen-bond acceptors (Lipinski definition) is 5. The molecule has 1 aliphatic rings. The minimum Gasteiger partial charge on any atom is -0.349 e. The van der Waals surface area contributed by atoms with E-state index < -0.39 is 0 Å². The number of pyridine rings is 2. The first-order valence-electron chi connectivity index (χ1n) is 10.9. The number of hydrogen-bond donors (Lipinski definition) is 2. The molecule has 4 aromatic rings. The number of aryl methyl sites for hydroxylation is 1. The summed E-state index contributed by atoms with van der Waals surface area (Å²) >= 11 is 0. The second kappa shape index (κ2) is 8.80. The van der Waals surface area contributed by atoms with Crippen molar-refractivity contribution in [3.63, 3.8) is 0 Å². The SMILES string of the molecule is Cn1ccc2cc(N(C(=O)c3ccc(Nc4ccccn4)cc3)[C@@H]3CCCNC3)ncc21. The van der Waals surface area contributed by atoms with E-state index >= 15 is 0 Å². The number of carbonyl (C=O) groups is 1. The Bertz CT molecular complexity index is 1210. The number of aromatic nitrogens is 3. The van der Waals surface area contributed by atoms with E-state index in [1.807, 2.05) is 77.4 Å². The predicted octanol–water partition coefficient (Wildman–Crippen LogP) is 4.11. The summed E-state index contributed by atoms with van der Waals surface area (Å²) in [7, 11) is 2.00. The Morgan fingerprint density at radius 2 is 2.03 bits per heavy atom. The van der Waals surface area contributed by atoms with E-state index in [0.717, 1.165) is 48.3 Å². The third-order valence-corrected chi connectivity index (χ3v) is 5.93. The Morgan fingerprint density at radius 1 is 1.16 bits per heavy atom. The Morgan fingerprint density at radius 3 is 2.78 bits per heavy atom. The number of anilines is 3. The molecule has 0 aliphatic carbocycles. The number of fused-ring (bicyclic) bond motifs is 1. The lowest BCUT2D eigenvalue weighted by Crippen LogP contribution is -2.49. The number of nitrogens with one attached hydrogen (secondary N) is 2. The summed E-state index contributed by atoms with van der Waals surface area (Å²) in [5, 5.41) is 7.76. The molecule has 2 N–H and O–H groups in total. The fourth-order valence-electron chi connectivity index (χ4n) is 4.21. The highest BCUT2D eigenvalue weighted by atomic mass is 16.2. The summed E-state index contributed by atoms with van der Waals surface area (Å²) in [5.41, 5.74) is 2.57. The summed E-state index contributed by atoms with van der Waals surface area (Å²) in [5.74, 6) is 1.42. The largest absolute Gasteiger partial charge is 0.349 e. The highest BCUT2D eigenvalue weighted by Crippen LogP contribution is 2.26. The number of amides is 1. The van der Waals surface area contributed by atoms with Gasteiger partial charge in [0.15, 0.2) is 0 Å². The highest BCUT2D eigenvalue weighted by molar-refractivity contribution is 6.07. The van der Waals surface area contributed by atoms with Gasteiger partial charge in [-0.05, 0) is 67.9 Å². The third kappa shape index (κ3) is 4.07. The monoisotopic (exact) mass is 426 g/mol. The lowest BCUT2D eigenvalue weighted by molar-refractivity contribution is 0.0971. The first-order chi connectivity index (χ1) is 15.7. The molecule has 32 heavy (non-hydrogen) atoms. The van der Waals surface area contributed by atoms with Gasteiger partial charge in [0.1, 0.15) is 11.6 Å². The van der Waals surface area contributed by atoms with Gasteiger partial charge in [-0.25, -0.2) is 9.97 Å². The van der Waals surface area contributed by atoms with Crippen LogP contribution in [0.3, 0.4) is 0 Å². The molecule has 3 aromatic heterocycles. The molecule has 1 amide bonds. The molecule has 1 aromatic carbocycles. The molecule has 0 bridgehead atoms. The van der Waals surface area contributed by atoms with Crippen molar-refractivity contribution in [1.29, 1.82) is 0 Å². The molecular formula is C25H26N6O. The Kier molecular flexibility index (Phi) is 5.56. The van der Waals surface area contributed by atoms with Gasteiger partial charge in [0, 0.05) is 42.6 Å². The average molecular weight is 427 g/mol. The second-order valence-corrected chi connectivity index (χ2v) is 8.12. The van der Waals surface area contributed by atoms with Crippen LogP contribution in [0.5, 0.6) is 0 Å². The van der Waals surface area contributed by atoms with E-state index in [-0.39, 0.29) is 11.9 Å². The van der Waals surface area contributed by atoms with Crippen molar-refractivity contribution in [1.82, 2.24) is 19.9 Å². The Balaban J connectivity index is 1.44. The molecule has 0 spiro atoms. The molecule has 7 nitrogen and oxygen atoms in total. The molecule has 5 rings (SSSR count). The first-order valence-corrected chi connectivity index (χ1v) is 10.9. The smallest absolute Gasteiger partial charge is 0.259 e. The predicted molar refractivity (Wildman–Crippen MR) is 127 cm³/mol. The number of rotatable bonds is 5. The van der Waals surface area contributed by atoms with Gasteiger partial charge in [0.05, 0.1) is 17.8 Å². The molecule has 1 atom stereocenters. The zero-order valence-corrected chi connectivity index (χ0v) is 18.0. The first kappa shape index (κ1) is 20.2. The molecule has 1 fully saturated rings. The number of nitrogens with zero attached hydrogens (tertiary/aromatic N) is 4. The normalized spacial score (nSPS) is 16.1. The van der Waals surface area contributed by atoms with Gasteiger partial charge in [-0.1, -0.05) is 6.07 Å². The van der Waals surface area contributed by atoms with E-state index in [4.69, 9.17) is 0 Å². The van der Waals surface area contributed by atoms with Gasteiger partial charge in [0.2, 0.25) is 0 Å². The third-order valence-electron chi connectivity index (χ3n) is 5.93. The second-order valence-electron chi connectivity index (χ2n) is 8.12. The topological polar surface area (TPSA) is 75.1 Å². The van der Waals surface area contributed by atoms with Gasteiger partial charge >= 0.3 is 0 Å². The quantitative estimate of drug-likeness (QED) is 0.502. The fourth-order valence-corrected chi connectivity index (χ4v) is 4.21. The van der Waals surface area contributed by atoms with Crippen LogP contribution >= 0.6 is 0 Å². The molecule has 0 unspecified atom stereocenters. The highest BCUT2D eigenvalue weighted by Gasteiger charge is 2.29. The van der Waals surface area contributed by atoms with E-state index in [2.05, 4.69) is 26.7 Å². The summed E-state index contributed by atoms with van der Waals surface area (Å²) in [6.07, 6.45) is 7.59. The summed E-state index contributed by atoms with van der Waals surface area (Å²) in [6, 6.07) is 17.4. The van der Waals surface area contributed by atoms with Crippen LogP contribution in [0, 0.1) is 0 Å². The van der Waals surface area contributed by atoms with Crippen molar-refractivity contribution in [3.8, 4) is 0 Å². The van der Waals surface area contributed by atoms with Crippen molar-refractivity contribution in [2.24, 2.45) is 7.05 Å². The van der Waals surface area contributed by atoms with Gasteiger partial charge < -0.3 is 15.2 Å². The molecule has 7 heteroatoms. The Labute approximate surface area is 187 Å². The maximum Gasteiger partial charge on any atom is 0.259 e. The minimum atomic E-state index is -0.0362. The van der Waals surface area contributed by atoms with Crippen LogP contribution in [0.4, 0.5) is 17.3 Å². The molecule has 4 heterocycles. The van der Waals surface area contributed by atoms with E-state index in [1.165, 1.54) is 0 Å². The van der Waals surface area contributed by atoms with Crippen LogP contribution in [-0.4, -0.2) is 39.6 Å². The average Bonchev–Trinajstić information content (AvgIpc) is 3.21. The standard InChI is InChI=1S/C25H26N6O/c1-30-14-11-19-15-24(28-17-22(19)30)31(21-5-4-12-26-16-21)25(32)18-7-9-20(10-8-18)29-23-6-2-3-13-27-23/h2-3,6-11,13-15,17,21,26H,4-5,12,16H2,1H3,(H,27,29)/t21-/m1/s1. The van der Waals surface area contributed by atoms with Gasteiger partial charge in [0.25, 0.3) is 5.91 Å². The van der Waals surface area contributed by atoms with Crippen LogP contribution in [0.2, 0.25) is 0 Å². The van der Waals surface area contributed by atoms with Crippen molar-refractivity contribution < 1.29 is 4.79 Å². The van der Waals surface area contributed by atoms with Gasteiger partial charge in [-0.15, -0.1) is 0 Å². The minimum absolute atomic E-state index is 0.0362. The van der Waals surface area contributed by atoms with Crippen LogP contribution in [-0.2, 0) is 7.05 Å². The van der Waals surface area contributed by atoms with Crippen LogP contribution in [0.1, 0.15) is 23.2 Å². The summed E-state index contributed by atoms with van der Waals surface area (Å²) in [4.78, 5) is 24.5. The van der Waals surface area contributed by atoms with Crippen molar-refractivity contribution in [2.75, 3.05) is 23.3 Å².